The highest BCUT2D eigenvalue weighted by Gasteiger charge is 2.22. The first-order valence-corrected chi connectivity index (χ1v) is 14.7. The number of benzene rings is 3. The first kappa shape index (κ1) is 27.1. The molecule has 0 spiro atoms. The summed E-state index contributed by atoms with van der Waals surface area (Å²) in [6.07, 6.45) is 0.471. The van der Waals surface area contributed by atoms with Crippen molar-refractivity contribution in [1.82, 2.24) is 19.6 Å². The molecule has 39 heavy (non-hydrogen) atoms. The van der Waals surface area contributed by atoms with Gasteiger partial charge in [0.25, 0.3) is 0 Å². The van der Waals surface area contributed by atoms with Crippen molar-refractivity contribution in [3.05, 3.63) is 84.1 Å². The van der Waals surface area contributed by atoms with Crippen LogP contribution < -0.4 is 14.9 Å². The number of para-hydroxylation sites is 1. The van der Waals surface area contributed by atoms with E-state index in [1.165, 1.54) is 5.69 Å². The molecule has 204 valence electrons. The molecule has 8 nitrogen and oxygen atoms in total. The lowest BCUT2D eigenvalue weighted by molar-refractivity contribution is 0.313. The predicted molar refractivity (Wildman–Crippen MR) is 158 cm³/mol. The van der Waals surface area contributed by atoms with Crippen molar-refractivity contribution in [1.29, 1.82) is 0 Å². The molecule has 2 heterocycles. The van der Waals surface area contributed by atoms with Gasteiger partial charge in [-0.1, -0.05) is 30.3 Å². The van der Waals surface area contributed by atoms with E-state index in [1.54, 1.807) is 18.2 Å². The first-order chi connectivity index (χ1) is 18.6. The lowest BCUT2D eigenvalue weighted by Crippen LogP contribution is -2.44. The topological polar surface area (TPSA) is 90.5 Å². The molecule has 1 aromatic heterocycles. The van der Waals surface area contributed by atoms with Gasteiger partial charge in [0.05, 0.1) is 16.1 Å². The van der Waals surface area contributed by atoms with E-state index >= 15 is 0 Å². The molecule has 4 aromatic rings. The highest BCUT2D eigenvalue weighted by atomic mass is 32.2. The van der Waals surface area contributed by atoms with Gasteiger partial charge < -0.3 is 15.1 Å². The minimum absolute atomic E-state index is 0.243. The third-order valence-electron chi connectivity index (χ3n) is 6.69. The molecule has 0 amide bonds. The number of hydrogen-bond donors (Lipinski definition) is 2. The van der Waals surface area contributed by atoms with E-state index in [0.717, 1.165) is 54.0 Å². The molecule has 1 saturated heterocycles. The number of aromatic nitrogens is 2. The largest absolute Gasteiger partial charge is 0.369 e. The zero-order valence-electron chi connectivity index (χ0n) is 23.0. The van der Waals surface area contributed by atoms with Crippen molar-refractivity contribution in [2.45, 2.75) is 37.6 Å². The van der Waals surface area contributed by atoms with E-state index in [0.29, 0.717) is 12.4 Å². The predicted octanol–water partition coefficient (Wildman–Crippen LogP) is 4.79. The average molecular weight is 545 g/mol. The van der Waals surface area contributed by atoms with Gasteiger partial charge in [-0.25, -0.2) is 23.1 Å². The van der Waals surface area contributed by atoms with E-state index in [4.69, 9.17) is 9.97 Å². The Morgan fingerprint density at radius 1 is 0.872 bits per heavy atom. The average Bonchev–Trinajstić information content (AvgIpc) is 2.89. The Kier molecular flexibility index (Phi) is 7.57. The second kappa shape index (κ2) is 10.9. The molecule has 0 aliphatic carbocycles. The third kappa shape index (κ3) is 6.73. The number of hydrogen-bond acceptors (Lipinski definition) is 7. The molecular formula is C30H36N6O2S. The molecule has 2 N–H and O–H groups in total. The van der Waals surface area contributed by atoms with Gasteiger partial charge in [-0.2, -0.15) is 0 Å². The molecule has 1 fully saturated rings. The summed E-state index contributed by atoms with van der Waals surface area (Å²) in [5, 5.41) is 4.31. The molecule has 1 aliphatic heterocycles. The minimum Gasteiger partial charge on any atom is -0.369 e. The number of rotatable bonds is 7. The number of sulfonamides is 1. The van der Waals surface area contributed by atoms with Crippen molar-refractivity contribution >= 4 is 38.2 Å². The molecule has 0 unspecified atom stereocenters. The summed E-state index contributed by atoms with van der Waals surface area (Å²) in [6, 6.07) is 23.3. The van der Waals surface area contributed by atoms with Crippen LogP contribution in [-0.4, -0.2) is 62.1 Å². The summed E-state index contributed by atoms with van der Waals surface area (Å²) in [7, 11) is -1.48. The molecule has 0 saturated carbocycles. The van der Waals surface area contributed by atoms with Gasteiger partial charge >= 0.3 is 0 Å². The van der Waals surface area contributed by atoms with Gasteiger partial charge in [0, 0.05) is 54.9 Å². The van der Waals surface area contributed by atoms with Crippen molar-refractivity contribution in [3.8, 4) is 0 Å². The fourth-order valence-corrected chi connectivity index (χ4v) is 6.25. The van der Waals surface area contributed by atoms with Crippen LogP contribution in [0.15, 0.2) is 77.7 Å². The summed E-state index contributed by atoms with van der Waals surface area (Å²) in [4.78, 5) is 14.6. The van der Waals surface area contributed by atoms with Crippen molar-refractivity contribution in [2.24, 2.45) is 0 Å². The lowest BCUT2D eigenvalue weighted by Gasteiger charge is -2.34. The Hall–Kier alpha value is -3.53. The zero-order valence-corrected chi connectivity index (χ0v) is 23.8. The summed E-state index contributed by atoms with van der Waals surface area (Å²) >= 11 is 0. The Morgan fingerprint density at radius 2 is 1.59 bits per heavy atom. The van der Waals surface area contributed by atoms with Crippen molar-refractivity contribution in [3.63, 3.8) is 0 Å². The molecule has 0 atom stereocenters. The molecule has 3 aromatic carbocycles. The fraction of sp³-hybridized carbons (Fsp3) is 0.333. The van der Waals surface area contributed by atoms with Crippen molar-refractivity contribution < 1.29 is 8.42 Å². The van der Waals surface area contributed by atoms with Crippen LogP contribution in [0, 0.1) is 0 Å². The monoisotopic (exact) mass is 544 g/mol. The molecule has 5 rings (SSSR count). The van der Waals surface area contributed by atoms with E-state index in [1.807, 2.05) is 51.1 Å². The van der Waals surface area contributed by atoms with Crippen LogP contribution in [0.4, 0.5) is 17.3 Å². The van der Waals surface area contributed by atoms with E-state index < -0.39 is 15.6 Å². The third-order valence-corrected chi connectivity index (χ3v) is 8.45. The van der Waals surface area contributed by atoms with Crippen LogP contribution in [0.1, 0.15) is 32.0 Å². The molecule has 1 aliphatic rings. The standard InChI is InChI=1S/C30H36N6O2S/c1-30(2,3)34-39(37,38)25-9-7-8-22(20-25)21-28-26-10-5-6-11-27(26)32-29(33-28)31-23-12-14-24(15-13-23)36-18-16-35(4)17-19-36/h5-15,20,34H,16-19,21H2,1-4H3,(H,31,32,33). The van der Waals surface area contributed by atoms with Crippen LogP contribution in [0.3, 0.4) is 0 Å². The van der Waals surface area contributed by atoms with E-state index in [9.17, 15) is 8.42 Å². The highest BCUT2D eigenvalue weighted by molar-refractivity contribution is 7.89. The summed E-state index contributed by atoms with van der Waals surface area (Å²) in [5.74, 6) is 0.509. The number of likely N-dealkylation sites (N-methyl/N-ethyl adjacent to an activating group) is 1. The summed E-state index contributed by atoms with van der Waals surface area (Å²) < 4.78 is 28.5. The Labute approximate surface area is 231 Å². The van der Waals surface area contributed by atoms with Crippen LogP contribution in [0.2, 0.25) is 0 Å². The van der Waals surface area contributed by atoms with Crippen LogP contribution in [-0.2, 0) is 16.4 Å². The van der Waals surface area contributed by atoms with Gasteiger partial charge in [0.15, 0.2) is 0 Å². The van der Waals surface area contributed by atoms with E-state index in [2.05, 4.69) is 51.2 Å². The maximum Gasteiger partial charge on any atom is 0.241 e. The number of piperazine rings is 1. The Balaban J connectivity index is 1.39. The van der Waals surface area contributed by atoms with Crippen LogP contribution >= 0.6 is 0 Å². The summed E-state index contributed by atoms with van der Waals surface area (Å²) in [5.41, 5.74) is 4.08. The van der Waals surface area contributed by atoms with Crippen LogP contribution in [0.25, 0.3) is 10.9 Å². The van der Waals surface area contributed by atoms with Gasteiger partial charge in [-0.15, -0.1) is 0 Å². The smallest absolute Gasteiger partial charge is 0.241 e. The van der Waals surface area contributed by atoms with Gasteiger partial charge in [-0.3, -0.25) is 0 Å². The van der Waals surface area contributed by atoms with Gasteiger partial charge in [-0.05, 0) is 75.8 Å². The number of nitrogens with zero attached hydrogens (tertiary/aromatic N) is 4. The summed E-state index contributed by atoms with van der Waals surface area (Å²) in [6.45, 7) is 9.66. The van der Waals surface area contributed by atoms with Gasteiger partial charge in [0.2, 0.25) is 16.0 Å². The second-order valence-electron chi connectivity index (χ2n) is 11.2. The minimum atomic E-state index is -3.64. The maximum atomic E-state index is 12.9. The Bertz CT molecular complexity index is 1560. The highest BCUT2D eigenvalue weighted by Crippen LogP contribution is 2.25. The molecular weight excluding hydrogens is 508 g/mol. The van der Waals surface area contributed by atoms with Gasteiger partial charge in [0.1, 0.15) is 0 Å². The number of fused-ring (bicyclic) bond motifs is 1. The fourth-order valence-electron chi connectivity index (χ4n) is 4.76. The quantitative estimate of drug-likeness (QED) is 0.346. The second-order valence-corrected chi connectivity index (χ2v) is 12.8. The Morgan fingerprint density at radius 3 is 2.31 bits per heavy atom. The first-order valence-electron chi connectivity index (χ1n) is 13.2. The number of anilines is 3. The SMILES string of the molecule is CN1CCN(c2ccc(Nc3nc(Cc4cccc(S(=O)(=O)NC(C)(C)C)c4)c4ccccc4n3)cc2)CC1. The van der Waals surface area contributed by atoms with Crippen LogP contribution in [0.5, 0.6) is 0 Å². The molecule has 0 bridgehead atoms. The normalized spacial score (nSPS) is 15.0. The lowest BCUT2D eigenvalue weighted by atomic mass is 10.1. The zero-order chi connectivity index (χ0) is 27.6. The van der Waals surface area contributed by atoms with E-state index in [-0.39, 0.29) is 4.90 Å². The number of nitrogens with one attached hydrogen (secondary N) is 2. The molecule has 9 heteroatoms. The maximum absolute atomic E-state index is 12.9. The molecule has 0 radical (unpaired) electrons. The van der Waals surface area contributed by atoms with Crippen molar-refractivity contribution in [2.75, 3.05) is 43.4 Å².